The monoisotopic (exact) mass is 293 g/mol. The molecule has 22 heavy (non-hydrogen) atoms. The Kier molecular flexibility index (Phi) is 2.96. The van der Waals surface area contributed by atoms with Crippen LogP contribution < -0.4 is 9.64 Å². The molecule has 0 spiro atoms. The largest absolute Gasteiger partial charge is 0.455 e. The Balaban J connectivity index is 1.95. The Morgan fingerprint density at radius 1 is 1.18 bits per heavy atom. The first kappa shape index (κ1) is 13.4. The summed E-state index contributed by atoms with van der Waals surface area (Å²) in [5.41, 5.74) is 4.56. The topological polar surface area (TPSA) is 29.5 Å². The molecular formula is C19H19NO2. The predicted molar refractivity (Wildman–Crippen MR) is 86.8 cm³/mol. The quantitative estimate of drug-likeness (QED) is 0.724. The van der Waals surface area contributed by atoms with E-state index in [0.29, 0.717) is 18.6 Å². The molecule has 2 aromatic carbocycles. The highest BCUT2D eigenvalue weighted by Crippen LogP contribution is 2.48. The molecule has 4 rings (SSSR count). The fourth-order valence-electron chi connectivity index (χ4n) is 3.52. The lowest BCUT2D eigenvalue weighted by Gasteiger charge is -2.36. The van der Waals surface area contributed by atoms with Crippen molar-refractivity contribution in [3.05, 3.63) is 53.1 Å². The predicted octanol–water partition coefficient (Wildman–Crippen LogP) is 4.32. The third-order valence-electron chi connectivity index (χ3n) is 4.67. The van der Waals surface area contributed by atoms with Crippen LogP contribution in [0.3, 0.4) is 0 Å². The van der Waals surface area contributed by atoms with Gasteiger partial charge in [-0.05, 0) is 37.1 Å². The average Bonchev–Trinajstić information content (AvgIpc) is 2.63. The van der Waals surface area contributed by atoms with Crippen molar-refractivity contribution in [2.75, 3.05) is 11.4 Å². The molecule has 3 nitrogen and oxygen atoms in total. The second-order valence-electron chi connectivity index (χ2n) is 6.27. The van der Waals surface area contributed by atoms with E-state index in [2.05, 4.69) is 49.1 Å². The highest BCUT2D eigenvalue weighted by atomic mass is 16.5. The Bertz CT molecular complexity index is 766. The van der Waals surface area contributed by atoms with Crippen LogP contribution in [0, 0.1) is 13.8 Å². The first-order chi connectivity index (χ1) is 10.6. The van der Waals surface area contributed by atoms with Crippen LogP contribution in [0.2, 0.25) is 0 Å². The SMILES string of the molecule is Cc1ccc2c(c1)N1CCC(=O)CC1c1cccc(C)c1O2. The summed E-state index contributed by atoms with van der Waals surface area (Å²) in [5.74, 6) is 2.14. The van der Waals surface area contributed by atoms with E-state index in [9.17, 15) is 4.79 Å². The van der Waals surface area contributed by atoms with Crippen LogP contribution in [0.1, 0.15) is 35.6 Å². The molecule has 2 aromatic rings. The van der Waals surface area contributed by atoms with Gasteiger partial charge in [-0.1, -0.05) is 24.3 Å². The van der Waals surface area contributed by atoms with Gasteiger partial charge in [0.05, 0.1) is 11.7 Å². The fraction of sp³-hybridized carbons (Fsp3) is 0.316. The summed E-state index contributed by atoms with van der Waals surface area (Å²) in [5, 5.41) is 0. The first-order valence-corrected chi connectivity index (χ1v) is 7.80. The number of carbonyl (C=O) groups excluding carboxylic acids is 1. The van der Waals surface area contributed by atoms with Gasteiger partial charge in [0.1, 0.15) is 11.5 Å². The van der Waals surface area contributed by atoms with Crippen molar-refractivity contribution in [1.29, 1.82) is 0 Å². The van der Waals surface area contributed by atoms with Gasteiger partial charge in [0.15, 0.2) is 5.75 Å². The van der Waals surface area contributed by atoms with Crippen molar-refractivity contribution >= 4 is 11.5 Å². The number of aryl methyl sites for hydroxylation is 2. The third kappa shape index (κ3) is 2.00. The molecule has 112 valence electrons. The summed E-state index contributed by atoms with van der Waals surface area (Å²) < 4.78 is 6.26. The van der Waals surface area contributed by atoms with Gasteiger partial charge in [-0.25, -0.2) is 0 Å². The Labute approximate surface area is 130 Å². The summed E-state index contributed by atoms with van der Waals surface area (Å²) >= 11 is 0. The molecule has 1 fully saturated rings. The van der Waals surface area contributed by atoms with Gasteiger partial charge in [-0.2, -0.15) is 0 Å². The number of benzene rings is 2. The summed E-state index contributed by atoms with van der Waals surface area (Å²) in [6.45, 7) is 4.91. The summed E-state index contributed by atoms with van der Waals surface area (Å²) in [4.78, 5) is 14.4. The molecule has 0 amide bonds. The lowest BCUT2D eigenvalue weighted by atomic mass is 9.92. The van der Waals surface area contributed by atoms with Crippen molar-refractivity contribution in [3.8, 4) is 11.5 Å². The van der Waals surface area contributed by atoms with E-state index < -0.39 is 0 Å². The number of anilines is 1. The van der Waals surface area contributed by atoms with Gasteiger partial charge in [0.25, 0.3) is 0 Å². The number of ether oxygens (including phenoxy) is 1. The molecule has 0 aromatic heterocycles. The normalized spacial score (nSPS) is 19.6. The highest BCUT2D eigenvalue weighted by molar-refractivity contribution is 5.83. The molecule has 0 saturated carbocycles. The van der Waals surface area contributed by atoms with Crippen molar-refractivity contribution < 1.29 is 9.53 Å². The standard InChI is InChI=1S/C19H19NO2/c1-12-6-7-18-17(10-12)20-9-8-14(21)11-16(20)15-5-3-4-13(2)19(15)22-18/h3-7,10,16H,8-9,11H2,1-2H3. The van der Waals surface area contributed by atoms with Gasteiger partial charge in [-0.3, -0.25) is 4.79 Å². The van der Waals surface area contributed by atoms with Crippen molar-refractivity contribution in [1.82, 2.24) is 0 Å². The van der Waals surface area contributed by atoms with Gasteiger partial charge >= 0.3 is 0 Å². The van der Waals surface area contributed by atoms with Crippen molar-refractivity contribution in [2.24, 2.45) is 0 Å². The number of Topliss-reactive ketones (excluding diaryl/α,β-unsaturated/α-hetero) is 1. The van der Waals surface area contributed by atoms with Crippen LogP contribution in [0.25, 0.3) is 0 Å². The second-order valence-corrected chi connectivity index (χ2v) is 6.27. The van der Waals surface area contributed by atoms with Crippen LogP contribution in [0.5, 0.6) is 11.5 Å². The maximum absolute atomic E-state index is 12.0. The number of rotatable bonds is 0. The van der Waals surface area contributed by atoms with Gasteiger partial charge < -0.3 is 9.64 Å². The van der Waals surface area contributed by atoms with E-state index in [1.165, 1.54) is 5.56 Å². The van der Waals surface area contributed by atoms with Gasteiger partial charge in [0, 0.05) is 24.9 Å². The number of hydrogen-bond acceptors (Lipinski definition) is 3. The molecule has 0 radical (unpaired) electrons. The summed E-state index contributed by atoms with van der Waals surface area (Å²) in [6, 6.07) is 12.6. The molecule has 0 N–H and O–H groups in total. The maximum Gasteiger partial charge on any atom is 0.150 e. The Hall–Kier alpha value is -2.29. The molecular weight excluding hydrogens is 274 g/mol. The zero-order valence-corrected chi connectivity index (χ0v) is 12.9. The van der Waals surface area contributed by atoms with Gasteiger partial charge in [0.2, 0.25) is 0 Å². The number of fused-ring (bicyclic) bond motifs is 5. The van der Waals surface area contributed by atoms with Gasteiger partial charge in [-0.15, -0.1) is 0 Å². The number of piperidine rings is 1. The van der Waals surface area contributed by atoms with Crippen molar-refractivity contribution in [2.45, 2.75) is 32.7 Å². The lowest BCUT2D eigenvalue weighted by molar-refractivity contribution is -0.120. The number of carbonyl (C=O) groups is 1. The molecule has 1 unspecified atom stereocenters. The van der Waals surface area contributed by atoms with Crippen LogP contribution >= 0.6 is 0 Å². The van der Waals surface area contributed by atoms with E-state index in [1.807, 2.05) is 6.07 Å². The molecule has 0 aliphatic carbocycles. The molecule has 3 heteroatoms. The average molecular weight is 293 g/mol. The number of ketones is 1. The molecule has 2 aliphatic rings. The smallest absolute Gasteiger partial charge is 0.150 e. The lowest BCUT2D eigenvalue weighted by Crippen LogP contribution is -2.36. The minimum absolute atomic E-state index is 0.0826. The van der Waals surface area contributed by atoms with E-state index in [1.54, 1.807) is 0 Å². The molecule has 0 bridgehead atoms. The number of nitrogens with zero attached hydrogens (tertiary/aromatic N) is 1. The molecule has 2 heterocycles. The van der Waals surface area contributed by atoms with Crippen LogP contribution in [0.15, 0.2) is 36.4 Å². The second kappa shape index (κ2) is 4.87. The Morgan fingerprint density at radius 2 is 2.05 bits per heavy atom. The number of para-hydroxylation sites is 1. The van der Waals surface area contributed by atoms with E-state index in [0.717, 1.165) is 34.9 Å². The van der Waals surface area contributed by atoms with Crippen molar-refractivity contribution in [3.63, 3.8) is 0 Å². The minimum Gasteiger partial charge on any atom is -0.455 e. The molecule has 1 atom stereocenters. The minimum atomic E-state index is 0.0826. The third-order valence-corrected chi connectivity index (χ3v) is 4.67. The maximum atomic E-state index is 12.0. The zero-order chi connectivity index (χ0) is 15.3. The van der Waals surface area contributed by atoms with Crippen LogP contribution in [-0.2, 0) is 4.79 Å². The molecule has 1 saturated heterocycles. The molecule has 2 aliphatic heterocycles. The summed E-state index contributed by atoms with van der Waals surface area (Å²) in [7, 11) is 0. The van der Waals surface area contributed by atoms with E-state index >= 15 is 0 Å². The number of hydrogen-bond donors (Lipinski definition) is 0. The van der Waals surface area contributed by atoms with Crippen LogP contribution in [-0.4, -0.2) is 12.3 Å². The fourth-order valence-corrected chi connectivity index (χ4v) is 3.52. The van der Waals surface area contributed by atoms with E-state index in [4.69, 9.17) is 4.74 Å². The van der Waals surface area contributed by atoms with Crippen LogP contribution in [0.4, 0.5) is 5.69 Å². The first-order valence-electron chi connectivity index (χ1n) is 7.80. The Morgan fingerprint density at radius 3 is 2.91 bits per heavy atom. The van der Waals surface area contributed by atoms with E-state index in [-0.39, 0.29) is 6.04 Å². The zero-order valence-electron chi connectivity index (χ0n) is 12.9. The summed E-state index contributed by atoms with van der Waals surface area (Å²) in [6.07, 6.45) is 1.18. The highest BCUT2D eigenvalue weighted by Gasteiger charge is 2.35.